The molecule has 0 heterocycles. The van der Waals surface area contributed by atoms with Gasteiger partial charge in [-0.25, -0.2) is 0 Å². The summed E-state index contributed by atoms with van der Waals surface area (Å²) in [5, 5.41) is 6.17. The first-order valence-electron chi connectivity index (χ1n) is 8.54. The molecule has 3 atom stereocenters. The molecule has 0 bridgehead atoms. The molecule has 2 N–H and O–H groups in total. The molecule has 0 amide bonds. The quantitative estimate of drug-likeness (QED) is 0.578. The summed E-state index contributed by atoms with van der Waals surface area (Å²) < 4.78 is 50.4. The Balaban J connectivity index is 2.58. The van der Waals surface area contributed by atoms with Gasteiger partial charge in [0.2, 0.25) is 0 Å². The lowest BCUT2D eigenvalue weighted by Gasteiger charge is -2.32. The maximum absolute atomic E-state index is 12.9. The molecule has 3 unspecified atom stereocenters. The van der Waals surface area contributed by atoms with Gasteiger partial charge in [0, 0.05) is 33.9 Å². The van der Waals surface area contributed by atoms with Gasteiger partial charge in [-0.15, -0.1) is 0 Å². The van der Waals surface area contributed by atoms with Crippen molar-refractivity contribution in [2.75, 3.05) is 18.8 Å². The van der Waals surface area contributed by atoms with Crippen LogP contribution in [0.15, 0.2) is 4.99 Å². The van der Waals surface area contributed by atoms with Gasteiger partial charge < -0.3 is 10.6 Å². The summed E-state index contributed by atoms with van der Waals surface area (Å²) >= 11 is 0. The van der Waals surface area contributed by atoms with Crippen LogP contribution in [0, 0.1) is 5.92 Å². The molecular weight excluding hydrogens is 339 g/mol. The van der Waals surface area contributed by atoms with Crippen molar-refractivity contribution in [2.24, 2.45) is 10.9 Å². The summed E-state index contributed by atoms with van der Waals surface area (Å²) in [6.45, 7) is 8.66. The molecule has 1 saturated carbocycles. The summed E-state index contributed by atoms with van der Waals surface area (Å²) in [4.78, 5) is 4.37. The molecule has 0 saturated heterocycles. The average Bonchev–Trinajstić information content (AvgIpc) is 2.45. The van der Waals surface area contributed by atoms with Crippen LogP contribution in [0.2, 0.25) is 0 Å². The lowest BCUT2D eigenvalue weighted by Crippen LogP contribution is -2.47. The number of halogens is 3. The molecule has 1 aliphatic carbocycles. The van der Waals surface area contributed by atoms with Crippen molar-refractivity contribution in [3.63, 3.8) is 0 Å². The number of nitrogens with zero attached hydrogens (tertiary/aromatic N) is 1. The van der Waals surface area contributed by atoms with Crippen molar-refractivity contribution in [3.05, 3.63) is 0 Å². The van der Waals surface area contributed by atoms with E-state index in [1.165, 1.54) is 0 Å². The van der Waals surface area contributed by atoms with E-state index >= 15 is 0 Å². The molecule has 4 nitrogen and oxygen atoms in total. The number of guanidine groups is 1. The van der Waals surface area contributed by atoms with Crippen LogP contribution in [0.25, 0.3) is 0 Å². The van der Waals surface area contributed by atoms with Crippen LogP contribution in [0.3, 0.4) is 0 Å². The van der Waals surface area contributed by atoms with Crippen LogP contribution < -0.4 is 10.6 Å². The minimum Gasteiger partial charge on any atom is -0.357 e. The van der Waals surface area contributed by atoms with Gasteiger partial charge in [0.15, 0.2) is 5.96 Å². The highest BCUT2D eigenvalue weighted by atomic mass is 32.2. The van der Waals surface area contributed by atoms with Crippen LogP contribution >= 0.6 is 0 Å². The van der Waals surface area contributed by atoms with E-state index < -0.39 is 22.9 Å². The summed E-state index contributed by atoms with van der Waals surface area (Å²) in [6.07, 6.45) is -2.55. The van der Waals surface area contributed by atoms with Gasteiger partial charge in [-0.05, 0) is 47.0 Å². The third kappa shape index (κ3) is 7.40. The zero-order chi connectivity index (χ0) is 18.4. The van der Waals surface area contributed by atoms with Gasteiger partial charge >= 0.3 is 6.18 Å². The highest BCUT2D eigenvalue weighted by Crippen LogP contribution is 2.37. The van der Waals surface area contributed by atoms with E-state index in [1.54, 1.807) is 0 Å². The number of hydrogen-bond acceptors (Lipinski definition) is 2. The summed E-state index contributed by atoms with van der Waals surface area (Å²) in [6, 6.07) is -0.226. The molecule has 0 aromatic rings. The Labute approximate surface area is 145 Å². The Morgan fingerprint density at radius 2 is 1.92 bits per heavy atom. The maximum Gasteiger partial charge on any atom is 0.391 e. The zero-order valence-corrected chi connectivity index (χ0v) is 15.8. The van der Waals surface area contributed by atoms with E-state index in [-0.39, 0.29) is 23.6 Å². The molecule has 8 heteroatoms. The van der Waals surface area contributed by atoms with E-state index in [0.29, 0.717) is 37.6 Å². The second kappa shape index (κ2) is 9.06. The molecular formula is C16H30F3N3OS. The largest absolute Gasteiger partial charge is 0.391 e. The van der Waals surface area contributed by atoms with E-state index in [1.807, 2.05) is 27.7 Å². The van der Waals surface area contributed by atoms with Crippen molar-refractivity contribution >= 4 is 16.8 Å². The minimum absolute atomic E-state index is 0.0852. The molecule has 0 radical (unpaired) electrons. The molecule has 0 spiro atoms. The zero-order valence-electron chi connectivity index (χ0n) is 15.0. The molecule has 1 rings (SSSR count). The van der Waals surface area contributed by atoms with Crippen molar-refractivity contribution in [2.45, 2.75) is 70.3 Å². The third-order valence-corrected chi connectivity index (χ3v) is 5.97. The summed E-state index contributed by atoms with van der Waals surface area (Å²) in [5.41, 5.74) is 0. The van der Waals surface area contributed by atoms with Crippen LogP contribution in [-0.2, 0) is 10.8 Å². The topological polar surface area (TPSA) is 53.5 Å². The molecule has 0 aromatic heterocycles. The first-order valence-corrected chi connectivity index (χ1v) is 9.86. The number of alkyl halides is 3. The van der Waals surface area contributed by atoms with Crippen molar-refractivity contribution in [1.82, 2.24) is 10.6 Å². The fourth-order valence-electron chi connectivity index (χ4n) is 2.68. The Hall–Kier alpha value is -0.790. The second-order valence-electron chi connectivity index (χ2n) is 7.17. The molecule has 0 aromatic carbocycles. The molecule has 24 heavy (non-hydrogen) atoms. The molecule has 1 fully saturated rings. The Kier molecular flexibility index (Phi) is 8.02. The normalized spacial score (nSPS) is 24.5. The van der Waals surface area contributed by atoms with Crippen molar-refractivity contribution < 1.29 is 17.4 Å². The summed E-state index contributed by atoms with van der Waals surface area (Å²) in [5.74, 6) is -0.285. The second-order valence-corrected chi connectivity index (χ2v) is 9.49. The fourth-order valence-corrected chi connectivity index (χ4v) is 3.55. The summed E-state index contributed by atoms with van der Waals surface area (Å²) in [7, 11) is -0.993. The first kappa shape index (κ1) is 21.3. The van der Waals surface area contributed by atoms with E-state index in [4.69, 9.17) is 0 Å². The van der Waals surface area contributed by atoms with Crippen LogP contribution in [0.4, 0.5) is 13.2 Å². The standard InChI is InChI=1S/C16H30F3N3OS/c1-5-20-14(21-9-10-24(23)15(2,3)4)22-13-8-6-7-12(11-13)16(17,18)19/h12-13H,5-11H2,1-4H3,(H2,20,21,22). The van der Waals surface area contributed by atoms with Gasteiger partial charge in [0.05, 0.1) is 12.5 Å². The Bertz CT molecular complexity index is 447. The van der Waals surface area contributed by atoms with Crippen LogP contribution in [0.5, 0.6) is 0 Å². The van der Waals surface area contributed by atoms with Crippen molar-refractivity contribution in [3.8, 4) is 0 Å². The number of hydrogen-bond donors (Lipinski definition) is 2. The lowest BCUT2D eigenvalue weighted by atomic mass is 9.85. The van der Waals surface area contributed by atoms with Crippen LogP contribution in [-0.4, -0.2) is 46.0 Å². The van der Waals surface area contributed by atoms with Gasteiger partial charge in [0.25, 0.3) is 0 Å². The van der Waals surface area contributed by atoms with Crippen molar-refractivity contribution in [1.29, 1.82) is 0 Å². The minimum atomic E-state index is -4.13. The molecule has 142 valence electrons. The smallest absolute Gasteiger partial charge is 0.357 e. The lowest BCUT2D eigenvalue weighted by molar-refractivity contribution is -0.183. The predicted octanol–water partition coefficient (Wildman–Crippen LogP) is 3.21. The third-order valence-electron chi connectivity index (χ3n) is 4.05. The Morgan fingerprint density at radius 1 is 1.25 bits per heavy atom. The van der Waals surface area contributed by atoms with Gasteiger partial charge in [0.1, 0.15) is 0 Å². The van der Waals surface area contributed by atoms with Gasteiger partial charge in [-0.2, -0.15) is 13.2 Å². The highest BCUT2D eigenvalue weighted by molar-refractivity contribution is 7.86. The number of nitrogens with one attached hydrogen (secondary N) is 2. The molecule has 1 aliphatic rings. The fraction of sp³-hybridized carbons (Fsp3) is 0.938. The maximum atomic E-state index is 12.9. The van der Waals surface area contributed by atoms with E-state index in [2.05, 4.69) is 15.6 Å². The Morgan fingerprint density at radius 3 is 2.46 bits per heavy atom. The number of rotatable bonds is 5. The van der Waals surface area contributed by atoms with Gasteiger partial charge in [-0.3, -0.25) is 9.20 Å². The number of aliphatic imine (C=N–C) groups is 1. The van der Waals surface area contributed by atoms with Gasteiger partial charge in [-0.1, -0.05) is 6.42 Å². The monoisotopic (exact) mass is 369 g/mol. The van der Waals surface area contributed by atoms with E-state index in [9.17, 15) is 17.4 Å². The average molecular weight is 369 g/mol. The first-order chi connectivity index (χ1) is 11.0. The SMILES string of the molecule is CCNC(=NCCS(=O)C(C)(C)C)NC1CCCC(C(F)(F)F)C1. The predicted molar refractivity (Wildman–Crippen MR) is 93.7 cm³/mol. The van der Waals surface area contributed by atoms with E-state index in [0.717, 1.165) is 0 Å². The van der Waals surface area contributed by atoms with Crippen LogP contribution in [0.1, 0.15) is 53.4 Å². The molecule has 0 aliphatic heterocycles. The highest BCUT2D eigenvalue weighted by Gasteiger charge is 2.42.